The number of amides is 2. The molecule has 5 heteroatoms. The van der Waals surface area contributed by atoms with Crippen LogP contribution in [-0.4, -0.2) is 34.7 Å². The highest BCUT2D eigenvalue weighted by molar-refractivity contribution is 5.89. The number of carbonyl (C=O) groups excluding carboxylic acids is 1. The summed E-state index contributed by atoms with van der Waals surface area (Å²) in [6.45, 7) is 5.16. The second-order valence-corrected chi connectivity index (χ2v) is 7.12. The van der Waals surface area contributed by atoms with Gasteiger partial charge in [0.05, 0.1) is 5.60 Å². The Kier molecular flexibility index (Phi) is 5.47. The first-order chi connectivity index (χ1) is 12.5. The number of hydrogen-bond donors (Lipinski definition) is 2. The molecule has 1 aliphatic rings. The molecule has 0 aromatic heterocycles. The van der Waals surface area contributed by atoms with Gasteiger partial charge in [0.1, 0.15) is 11.5 Å². The smallest absolute Gasteiger partial charge is 0.321 e. The average molecular weight is 354 g/mol. The summed E-state index contributed by atoms with van der Waals surface area (Å²) in [6, 6.07) is 16.7. The van der Waals surface area contributed by atoms with Gasteiger partial charge in [0.2, 0.25) is 0 Å². The van der Waals surface area contributed by atoms with Crippen molar-refractivity contribution in [1.82, 2.24) is 4.90 Å². The van der Waals surface area contributed by atoms with Gasteiger partial charge in [0, 0.05) is 24.8 Å². The molecule has 0 bridgehead atoms. The third kappa shape index (κ3) is 4.35. The lowest BCUT2D eigenvalue weighted by Gasteiger charge is -2.40. The Morgan fingerprint density at radius 2 is 1.73 bits per heavy atom. The van der Waals surface area contributed by atoms with Gasteiger partial charge in [-0.1, -0.05) is 38.1 Å². The summed E-state index contributed by atoms with van der Waals surface area (Å²) in [4.78, 5) is 14.3. The summed E-state index contributed by atoms with van der Waals surface area (Å²) in [6.07, 6.45) is 1.21. The van der Waals surface area contributed by atoms with Crippen molar-refractivity contribution in [3.05, 3.63) is 54.6 Å². The van der Waals surface area contributed by atoms with E-state index in [9.17, 15) is 9.90 Å². The number of benzene rings is 2. The molecule has 0 atom stereocenters. The molecule has 5 nitrogen and oxygen atoms in total. The average Bonchev–Trinajstić information content (AvgIpc) is 2.63. The number of para-hydroxylation sites is 1. The standard InChI is InChI=1S/C21H26N2O3/c1-16(2)21(25)11-13-23(14-12-21)20(24)22-17-7-6-10-19(15-17)26-18-8-4-3-5-9-18/h3-10,15-16,25H,11-14H2,1-2H3,(H,22,24). The van der Waals surface area contributed by atoms with Gasteiger partial charge in [0.15, 0.2) is 0 Å². The lowest BCUT2D eigenvalue weighted by molar-refractivity contribution is -0.0481. The molecule has 26 heavy (non-hydrogen) atoms. The monoisotopic (exact) mass is 354 g/mol. The van der Waals surface area contributed by atoms with Crippen LogP contribution in [0.3, 0.4) is 0 Å². The number of nitrogens with zero attached hydrogens (tertiary/aromatic N) is 1. The number of hydrogen-bond acceptors (Lipinski definition) is 3. The van der Waals surface area contributed by atoms with Gasteiger partial charge in [0.25, 0.3) is 0 Å². The van der Waals surface area contributed by atoms with Crippen LogP contribution in [0.5, 0.6) is 11.5 Å². The highest BCUT2D eigenvalue weighted by Gasteiger charge is 2.36. The molecule has 0 unspecified atom stereocenters. The Balaban J connectivity index is 1.59. The van der Waals surface area contributed by atoms with Crippen LogP contribution >= 0.6 is 0 Å². The fourth-order valence-corrected chi connectivity index (χ4v) is 3.14. The zero-order valence-corrected chi connectivity index (χ0v) is 15.3. The quantitative estimate of drug-likeness (QED) is 0.850. The van der Waals surface area contributed by atoms with Crippen LogP contribution < -0.4 is 10.1 Å². The number of rotatable bonds is 4. The summed E-state index contributed by atoms with van der Waals surface area (Å²) in [5.74, 6) is 1.61. The first-order valence-corrected chi connectivity index (χ1v) is 9.07. The van der Waals surface area contributed by atoms with E-state index in [4.69, 9.17) is 4.74 Å². The van der Waals surface area contributed by atoms with E-state index in [2.05, 4.69) is 5.32 Å². The molecule has 1 saturated heterocycles. The lowest BCUT2D eigenvalue weighted by Crippen LogP contribution is -2.50. The summed E-state index contributed by atoms with van der Waals surface area (Å²) >= 11 is 0. The molecule has 1 fully saturated rings. The van der Waals surface area contributed by atoms with Crippen LogP contribution in [0.2, 0.25) is 0 Å². The van der Waals surface area contributed by atoms with Crippen molar-refractivity contribution >= 4 is 11.7 Å². The number of ether oxygens (including phenoxy) is 1. The van der Waals surface area contributed by atoms with E-state index in [1.165, 1.54) is 0 Å². The number of aliphatic hydroxyl groups is 1. The van der Waals surface area contributed by atoms with Crippen LogP contribution in [0.1, 0.15) is 26.7 Å². The highest BCUT2D eigenvalue weighted by atomic mass is 16.5. The maximum Gasteiger partial charge on any atom is 0.321 e. The van der Waals surface area contributed by atoms with E-state index in [0.29, 0.717) is 37.4 Å². The molecule has 1 heterocycles. The van der Waals surface area contributed by atoms with Crippen molar-refractivity contribution in [2.45, 2.75) is 32.3 Å². The number of anilines is 1. The molecule has 2 amide bonds. The molecule has 2 N–H and O–H groups in total. The van der Waals surface area contributed by atoms with Crippen molar-refractivity contribution in [1.29, 1.82) is 0 Å². The Labute approximate surface area is 154 Å². The topological polar surface area (TPSA) is 61.8 Å². The van der Waals surface area contributed by atoms with Gasteiger partial charge < -0.3 is 20.1 Å². The number of piperidine rings is 1. The maximum atomic E-state index is 12.5. The Morgan fingerprint density at radius 3 is 2.38 bits per heavy atom. The minimum atomic E-state index is -0.666. The molecule has 1 aliphatic heterocycles. The number of likely N-dealkylation sites (tertiary alicyclic amines) is 1. The normalized spacial score (nSPS) is 16.4. The van der Waals surface area contributed by atoms with Crippen LogP contribution in [0.15, 0.2) is 54.6 Å². The van der Waals surface area contributed by atoms with Gasteiger partial charge in [-0.05, 0) is 43.0 Å². The molecule has 0 saturated carbocycles. The van der Waals surface area contributed by atoms with E-state index in [1.807, 2.05) is 62.4 Å². The third-order valence-corrected chi connectivity index (χ3v) is 5.06. The molecule has 3 rings (SSSR count). The Hall–Kier alpha value is -2.53. The minimum absolute atomic E-state index is 0.146. The van der Waals surface area contributed by atoms with Crippen molar-refractivity contribution in [3.63, 3.8) is 0 Å². The van der Waals surface area contributed by atoms with E-state index in [1.54, 1.807) is 11.0 Å². The van der Waals surface area contributed by atoms with Crippen molar-refractivity contribution < 1.29 is 14.6 Å². The van der Waals surface area contributed by atoms with Crippen molar-refractivity contribution in [3.8, 4) is 11.5 Å². The fourth-order valence-electron chi connectivity index (χ4n) is 3.14. The van der Waals surface area contributed by atoms with E-state index < -0.39 is 5.60 Å². The van der Waals surface area contributed by atoms with Crippen LogP contribution in [0.25, 0.3) is 0 Å². The van der Waals surface area contributed by atoms with Crippen molar-refractivity contribution in [2.24, 2.45) is 5.92 Å². The van der Waals surface area contributed by atoms with Crippen molar-refractivity contribution in [2.75, 3.05) is 18.4 Å². The highest BCUT2D eigenvalue weighted by Crippen LogP contribution is 2.30. The number of urea groups is 1. The van der Waals surface area contributed by atoms with E-state index >= 15 is 0 Å². The number of carbonyl (C=O) groups is 1. The van der Waals surface area contributed by atoms with Gasteiger partial charge >= 0.3 is 6.03 Å². The molecule has 138 valence electrons. The Bertz CT molecular complexity index is 738. The zero-order valence-electron chi connectivity index (χ0n) is 15.3. The van der Waals surface area contributed by atoms with Gasteiger partial charge in [-0.15, -0.1) is 0 Å². The van der Waals surface area contributed by atoms with Crippen LogP contribution in [0, 0.1) is 5.92 Å². The summed E-state index contributed by atoms with van der Waals surface area (Å²) in [5, 5.41) is 13.5. The summed E-state index contributed by atoms with van der Waals surface area (Å²) in [5.41, 5.74) is 0.0216. The van der Waals surface area contributed by atoms with Crippen LogP contribution in [-0.2, 0) is 0 Å². The fraction of sp³-hybridized carbons (Fsp3) is 0.381. The lowest BCUT2D eigenvalue weighted by atomic mass is 9.82. The molecule has 0 aliphatic carbocycles. The first kappa shape index (κ1) is 18.3. The largest absolute Gasteiger partial charge is 0.457 e. The molecular formula is C21H26N2O3. The summed E-state index contributed by atoms with van der Waals surface area (Å²) < 4.78 is 5.80. The molecule has 2 aromatic carbocycles. The van der Waals surface area contributed by atoms with E-state index in [-0.39, 0.29) is 11.9 Å². The molecule has 0 radical (unpaired) electrons. The van der Waals surface area contributed by atoms with Gasteiger partial charge in [-0.2, -0.15) is 0 Å². The second kappa shape index (κ2) is 7.79. The Morgan fingerprint density at radius 1 is 1.08 bits per heavy atom. The second-order valence-electron chi connectivity index (χ2n) is 7.12. The third-order valence-electron chi connectivity index (χ3n) is 5.06. The minimum Gasteiger partial charge on any atom is -0.457 e. The molecular weight excluding hydrogens is 328 g/mol. The first-order valence-electron chi connectivity index (χ1n) is 9.07. The molecule has 0 spiro atoms. The van der Waals surface area contributed by atoms with Gasteiger partial charge in [-0.3, -0.25) is 0 Å². The SMILES string of the molecule is CC(C)C1(O)CCN(C(=O)Nc2cccc(Oc3ccccc3)c2)CC1. The predicted molar refractivity (Wildman–Crippen MR) is 103 cm³/mol. The van der Waals surface area contributed by atoms with Crippen LogP contribution in [0.4, 0.5) is 10.5 Å². The summed E-state index contributed by atoms with van der Waals surface area (Å²) in [7, 11) is 0. The molecule has 2 aromatic rings. The predicted octanol–water partition coefficient (Wildman–Crippen LogP) is 4.49. The maximum absolute atomic E-state index is 12.5. The number of nitrogens with one attached hydrogen (secondary N) is 1. The zero-order chi connectivity index (χ0) is 18.6. The van der Waals surface area contributed by atoms with E-state index in [0.717, 1.165) is 5.75 Å². The van der Waals surface area contributed by atoms with Gasteiger partial charge in [-0.25, -0.2) is 4.79 Å².